The summed E-state index contributed by atoms with van der Waals surface area (Å²) in [6.45, 7) is 20.7. The predicted molar refractivity (Wildman–Crippen MR) is 130 cm³/mol. The fraction of sp³-hybridized carbons (Fsp3) is 0.967. The van der Waals surface area contributed by atoms with Crippen molar-refractivity contribution in [1.29, 1.82) is 0 Å². The first-order valence-electron chi connectivity index (χ1n) is 13.7. The van der Waals surface area contributed by atoms with Crippen LogP contribution in [-0.2, 0) is 4.79 Å². The molecule has 31 heavy (non-hydrogen) atoms. The average molecular weight is 427 g/mol. The average Bonchev–Trinajstić information content (AvgIpc) is 2.69. The maximum Gasteiger partial charge on any atom is 0.136 e. The molecule has 0 unspecified atom stereocenters. The van der Waals surface area contributed by atoms with Crippen molar-refractivity contribution in [3.63, 3.8) is 0 Å². The highest BCUT2D eigenvalue weighted by Crippen LogP contribution is 2.78. The number of hydrogen-bond acceptors (Lipinski definition) is 1. The number of rotatable bonds is 0. The van der Waals surface area contributed by atoms with Gasteiger partial charge in [0.25, 0.3) is 0 Å². The maximum absolute atomic E-state index is 12.7. The van der Waals surface area contributed by atoms with Gasteiger partial charge in [0.05, 0.1) is 0 Å². The molecule has 0 aliphatic heterocycles. The molecule has 0 saturated heterocycles. The van der Waals surface area contributed by atoms with E-state index in [1.807, 2.05) is 0 Å². The van der Waals surface area contributed by atoms with Gasteiger partial charge >= 0.3 is 0 Å². The molecule has 1 heteroatoms. The Balaban J connectivity index is 1.55. The molecule has 5 rings (SSSR count). The number of carbonyl (C=O) groups is 1. The standard InChI is InChI=1S/C30H50O/c1-20-21(31)9-10-22-27(20,5)12-11-23-28(22,6)16-18-30(8)24-19-25(2,3)13-14-26(24,4)15-17-29(23,30)7/h20,22-24H,9-19H2,1-8H3/t20-,22-,23-,24+,26-,27-,28+,29-,30-/m0/s1. The minimum atomic E-state index is 0.237. The van der Waals surface area contributed by atoms with Crippen LogP contribution in [0.5, 0.6) is 0 Å². The second kappa shape index (κ2) is 6.41. The molecule has 5 saturated carbocycles. The van der Waals surface area contributed by atoms with E-state index in [2.05, 4.69) is 55.4 Å². The number of hydrogen-bond donors (Lipinski definition) is 0. The summed E-state index contributed by atoms with van der Waals surface area (Å²) in [5.74, 6) is 3.27. The number of carbonyl (C=O) groups excluding carboxylic acids is 1. The highest BCUT2D eigenvalue weighted by Gasteiger charge is 2.70. The van der Waals surface area contributed by atoms with E-state index in [0.29, 0.717) is 32.9 Å². The second-order valence-corrected chi connectivity index (χ2v) is 15.3. The molecule has 0 N–H and O–H groups in total. The molecule has 5 fully saturated rings. The van der Waals surface area contributed by atoms with E-state index < -0.39 is 0 Å². The van der Waals surface area contributed by atoms with Crippen LogP contribution in [0.3, 0.4) is 0 Å². The monoisotopic (exact) mass is 426 g/mol. The molecule has 1 nitrogen and oxygen atoms in total. The molecule has 0 heterocycles. The van der Waals surface area contributed by atoms with Gasteiger partial charge in [-0.05, 0) is 114 Å². The smallest absolute Gasteiger partial charge is 0.136 e. The topological polar surface area (TPSA) is 17.1 Å². The van der Waals surface area contributed by atoms with Crippen molar-refractivity contribution in [1.82, 2.24) is 0 Å². The minimum Gasteiger partial charge on any atom is -0.299 e. The first-order chi connectivity index (χ1) is 14.2. The van der Waals surface area contributed by atoms with Gasteiger partial charge in [-0.1, -0.05) is 55.4 Å². The maximum atomic E-state index is 12.7. The van der Waals surface area contributed by atoms with Gasteiger partial charge in [0.2, 0.25) is 0 Å². The Bertz CT molecular complexity index is 781. The number of Topliss-reactive ketones (excluding diaryl/α,β-unsaturated/α-hetero) is 1. The Morgan fingerprint density at radius 2 is 1.26 bits per heavy atom. The molecule has 176 valence electrons. The molecule has 0 radical (unpaired) electrons. The summed E-state index contributed by atoms with van der Waals surface area (Å²) in [5.41, 5.74) is 2.67. The highest BCUT2D eigenvalue weighted by atomic mass is 16.1. The summed E-state index contributed by atoms with van der Waals surface area (Å²) in [6.07, 6.45) is 14.6. The molecule has 5 aliphatic rings. The predicted octanol–water partition coefficient (Wildman–Crippen LogP) is 8.46. The Kier molecular flexibility index (Phi) is 4.65. The van der Waals surface area contributed by atoms with Crippen molar-refractivity contribution in [2.45, 2.75) is 126 Å². The van der Waals surface area contributed by atoms with Crippen molar-refractivity contribution in [2.24, 2.45) is 56.2 Å². The fourth-order valence-electron chi connectivity index (χ4n) is 11.2. The van der Waals surface area contributed by atoms with Crippen molar-refractivity contribution in [2.75, 3.05) is 0 Å². The molecular weight excluding hydrogens is 376 g/mol. The number of fused-ring (bicyclic) bond motifs is 7. The zero-order valence-corrected chi connectivity index (χ0v) is 22.0. The lowest BCUT2D eigenvalue weighted by atomic mass is 9.30. The van der Waals surface area contributed by atoms with Crippen LogP contribution in [0, 0.1) is 56.2 Å². The van der Waals surface area contributed by atoms with Gasteiger partial charge < -0.3 is 0 Å². The largest absolute Gasteiger partial charge is 0.299 e. The lowest BCUT2D eigenvalue weighted by Crippen LogP contribution is -2.67. The van der Waals surface area contributed by atoms with Gasteiger partial charge in [-0.15, -0.1) is 0 Å². The van der Waals surface area contributed by atoms with Crippen LogP contribution in [0.2, 0.25) is 0 Å². The first-order valence-corrected chi connectivity index (χ1v) is 13.7. The molecule has 0 aromatic carbocycles. The minimum absolute atomic E-state index is 0.237. The normalized spacial score (nSPS) is 58.5. The third-order valence-electron chi connectivity index (χ3n) is 13.7. The van der Waals surface area contributed by atoms with Crippen molar-refractivity contribution < 1.29 is 4.79 Å². The first kappa shape index (κ1) is 22.5. The van der Waals surface area contributed by atoms with Crippen LogP contribution in [0.15, 0.2) is 0 Å². The third-order valence-corrected chi connectivity index (χ3v) is 13.7. The van der Waals surface area contributed by atoms with E-state index >= 15 is 0 Å². The number of ketones is 1. The van der Waals surface area contributed by atoms with Crippen molar-refractivity contribution in [3.05, 3.63) is 0 Å². The zero-order chi connectivity index (χ0) is 22.7. The van der Waals surface area contributed by atoms with Crippen LogP contribution in [0.25, 0.3) is 0 Å². The molecular formula is C30H50O. The van der Waals surface area contributed by atoms with Gasteiger partial charge in [0, 0.05) is 12.3 Å². The Morgan fingerprint density at radius 3 is 1.97 bits per heavy atom. The highest BCUT2D eigenvalue weighted by molar-refractivity contribution is 5.82. The van der Waals surface area contributed by atoms with E-state index in [1.54, 1.807) is 0 Å². The van der Waals surface area contributed by atoms with Gasteiger partial charge in [-0.3, -0.25) is 4.79 Å². The lowest BCUT2D eigenvalue weighted by Gasteiger charge is -2.74. The summed E-state index contributed by atoms with van der Waals surface area (Å²) in [5, 5.41) is 0. The molecule has 0 spiro atoms. The molecule has 0 bridgehead atoms. The Hall–Kier alpha value is -0.330. The van der Waals surface area contributed by atoms with E-state index in [1.165, 1.54) is 57.8 Å². The second-order valence-electron chi connectivity index (χ2n) is 15.3. The summed E-state index contributed by atoms with van der Waals surface area (Å²) >= 11 is 0. The van der Waals surface area contributed by atoms with Crippen LogP contribution in [-0.4, -0.2) is 5.78 Å². The Labute approximate surface area is 192 Å². The molecule has 9 atom stereocenters. The zero-order valence-electron chi connectivity index (χ0n) is 22.0. The fourth-order valence-corrected chi connectivity index (χ4v) is 11.2. The summed E-state index contributed by atoms with van der Waals surface area (Å²) in [6, 6.07) is 0. The van der Waals surface area contributed by atoms with E-state index in [9.17, 15) is 4.79 Å². The van der Waals surface area contributed by atoms with Crippen LogP contribution < -0.4 is 0 Å². The van der Waals surface area contributed by atoms with E-state index in [-0.39, 0.29) is 11.3 Å². The Morgan fingerprint density at radius 1 is 0.645 bits per heavy atom. The van der Waals surface area contributed by atoms with Gasteiger partial charge in [0.1, 0.15) is 5.78 Å². The van der Waals surface area contributed by atoms with Crippen LogP contribution in [0.1, 0.15) is 126 Å². The van der Waals surface area contributed by atoms with Crippen LogP contribution in [0.4, 0.5) is 0 Å². The van der Waals surface area contributed by atoms with Crippen LogP contribution >= 0.6 is 0 Å². The molecule has 0 aromatic heterocycles. The summed E-state index contributed by atoms with van der Waals surface area (Å²) in [4.78, 5) is 12.7. The lowest BCUT2D eigenvalue weighted by molar-refractivity contribution is -0.256. The third kappa shape index (κ3) is 2.70. The summed E-state index contributed by atoms with van der Waals surface area (Å²) < 4.78 is 0. The molecule has 5 aliphatic carbocycles. The summed E-state index contributed by atoms with van der Waals surface area (Å²) in [7, 11) is 0. The van der Waals surface area contributed by atoms with E-state index in [0.717, 1.165) is 30.6 Å². The van der Waals surface area contributed by atoms with Crippen molar-refractivity contribution >= 4 is 5.78 Å². The van der Waals surface area contributed by atoms with E-state index in [4.69, 9.17) is 0 Å². The van der Waals surface area contributed by atoms with Gasteiger partial charge in [0.15, 0.2) is 0 Å². The van der Waals surface area contributed by atoms with Crippen molar-refractivity contribution in [3.8, 4) is 0 Å². The quantitative estimate of drug-likeness (QED) is 0.379. The molecule has 0 amide bonds. The van der Waals surface area contributed by atoms with Gasteiger partial charge in [-0.2, -0.15) is 0 Å². The SMILES string of the molecule is C[C@H]1C(=O)CC[C@H]2[C@@]1(C)CC[C@H]1[C@]2(C)CC[C@@]2(C)[C@@H]3CC(C)(C)CC[C@@]3(C)CC[C@@]12C. The molecule has 0 aromatic rings. The van der Waals surface area contributed by atoms with Gasteiger partial charge in [-0.25, -0.2) is 0 Å².